The van der Waals surface area contributed by atoms with Crippen LogP contribution in [0.1, 0.15) is 5.56 Å². The Labute approximate surface area is 87.3 Å². The van der Waals surface area contributed by atoms with Gasteiger partial charge in [0.05, 0.1) is 23.1 Å². The van der Waals surface area contributed by atoms with Gasteiger partial charge in [0.1, 0.15) is 0 Å². The van der Waals surface area contributed by atoms with Crippen LogP contribution in [0.5, 0.6) is 0 Å². The Morgan fingerprint density at radius 3 is 2.50 bits per heavy atom. The van der Waals surface area contributed by atoms with Gasteiger partial charge in [-0.15, -0.1) is 0 Å². The molecule has 0 atom stereocenters. The number of benzene rings is 1. The third-order valence-corrected chi connectivity index (χ3v) is 1.95. The maximum atomic E-state index is 11.1. The maximum absolute atomic E-state index is 11.1. The van der Waals surface area contributed by atoms with Gasteiger partial charge in [0.15, 0.2) is 0 Å². The van der Waals surface area contributed by atoms with Crippen molar-refractivity contribution in [3.63, 3.8) is 0 Å². The second-order valence-electron chi connectivity index (χ2n) is 2.58. The van der Waals surface area contributed by atoms with Crippen LogP contribution in [0.2, 0.25) is 0 Å². The summed E-state index contributed by atoms with van der Waals surface area (Å²) in [5.74, 6) is 5.25. The average Bonchev–Trinajstić information content (AvgIpc) is 2.27. The van der Waals surface area contributed by atoms with E-state index in [0.29, 0.717) is 11.3 Å². The van der Waals surface area contributed by atoms with E-state index in [2.05, 4.69) is 12.6 Å². The molecule has 4 nitrogen and oxygen atoms in total. The minimum atomic E-state index is -0.293. The van der Waals surface area contributed by atoms with Gasteiger partial charge in [0, 0.05) is 0 Å². The van der Waals surface area contributed by atoms with Crippen LogP contribution in [0.3, 0.4) is 0 Å². The molecule has 5 heteroatoms. The number of nitrogens with zero attached hydrogens (tertiary/aromatic N) is 2. The summed E-state index contributed by atoms with van der Waals surface area (Å²) in [5.41, 5.74) is 1.07. The first-order valence-electron chi connectivity index (χ1n) is 3.87. The first kappa shape index (κ1) is 10.6. The maximum Gasteiger partial charge on any atom is 0.250 e. The Morgan fingerprint density at radius 1 is 1.50 bits per heavy atom. The largest absolute Gasteiger partial charge is 0.272 e. The van der Waals surface area contributed by atoms with Crippen molar-refractivity contribution < 1.29 is 4.79 Å². The molecule has 1 aromatic carbocycles. The minimum absolute atomic E-state index is 0.0521. The molecule has 0 aromatic heterocycles. The van der Waals surface area contributed by atoms with Gasteiger partial charge in [-0.05, 0) is 24.3 Å². The van der Waals surface area contributed by atoms with Crippen LogP contribution in [0.4, 0.5) is 5.69 Å². The number of hydrazine groups is 1. The van der Waals surface area contributed by atoms with Crippen molar-refractivity contribution in [2.24, 2.45) is 5.84 Å². The van der Waals surface area contributed by atoms with Gasteiger partial charge in [0.25, 0.3) is 5.91 Å². The lowest BCUT2D eigenvalue weighted by Crippen LogP contribution is -2.38. The molecule has 0 unspecified atom stereocenters. The predicted molar refractivity (Wildman–Crippen MR) is 56.7 cm³/mol. The standard InChI is InChI=1S/C9H9N3OS/c10-5-7-1-3-8(4-2-7)12(11)9(13)6-14/h1-4,14H,6,11H2. The van der Waals surface area contributed by atoms with Crippen LogP contribution in [-0.2, 0) is 4.79 Å². The molecule has 0 bridgehead atoms. The monoisotopic (exact) mass is 207 g/mol. The number of nitriles is 1. The summed E-state index contributed by atoms with van der Waals surface area (Å²) in [5, 5.41) is 9.56. The highest BCUT2D eigenvalue weighted by Gasteiger charge is 2.08. The molecule has 0 heterocycles. The lowest BCUT2D eigenvalue weighted by Gasteiger charge is -2.14. The number of thiol groups is 1. The lowest BCUT2D eigenvalue weighted by molar-refractivity contribution is -0.116. The van der Waals surface area contributed by atoms with E-state index < -0.39 is 0 Å². The van der Waals surface area contributed by atoms with E-state index >= 15 is 0 Å². The SMILES string of the molecule is N#Cc1ccc(N(N)C(=O)CS)cc1. The Balaban J connectivity index is 2.88. The normalized spacial score (nSPS) is 9.21. The molecule has 0 aliphatic carbocycles. The Bertz CT molecular complexity index is 369. The van der Waals surface area contributed by atoms with Crippen LogP contribution >= 0.6 is 12.6 Å². The third-order valence-electron chi connectivity index (χ3n) is 1.68. The van der Waals surface area contributed by atoms with Crippen molar-refractivity contribution in [1.29, 1.82) is 5.26 Å². The van der Waals surface area contributed by atoms with Crippen LogP contribution in [0.25, 0.3) is 0 Å². The van der Waals surface area contributed by atoms with Crippen molar-refractivity contribution in [3.8, 4) is 6.07 Å². The van der Waals surface area contributed by atoms with Crippen molar-refractivity contribution in [2.45, 2.75) is 0 Å². The predicted octanol–water partition coefficient (Wildman–Crippen LogP) is 0.695. The van der Waals surface area contributed by atoms with E-state index in [0.717, 1.165) is 5.01 Å². The molecule has 0 spiro atoms. The number of carbonyl (C=O) groups excluding carboxylic acids is 1. The van der Waals surface area contributed by atoms with E-state index in [9.17, 15) is 4.79 Å². The summed E-state index contributed by atoms with van der Waals surface area (Å²) in [6.45, 7) is 0. The highest BCUT2D eigenvalue weighted by atomic mass is 32.1. The van der Waals surface area contributed by atoms with E-state index in [4.69, 9.17) is 11.1 Å². The van der Waals surface area contributed by atoms with Crippen LogP contribution in [0, 0.1) is 11.3 Å². The fraction of sp³-hybridized carbons (Fsp3) is 0.111. The smallest absolute Gasteiger partial charge is 0.250 e. The Hall–Kier alpha value is -1.51. The fourth-order valence-electron chi connectivity index (χ4n) is 0.917. The van der Waals surface area contributed by atoms with Crippen molar-refractivity contribution in [1.82, 2.24) is 0 Å². The fourth-order valence-corrected chi connectivity index (χ4v) is 1.07. The van der Waals surface area contributed by atoms with Gasteiger partial charge in [-0.25, -0.2) is 10.9 Å². The summed E-state index contributed by atoms with van der Waals surface area (Å²) >= 11 is 3.82. The second kappa shape index (κ2) is 4.65. The Kier molecular flexibility index (Phi) is 3.51. The molecule has 0 fully saturated rings. The molecule has 0 saturated heterocycles. The number of amides is 1. The molecular weight excluding hydrogens is 198 g/mol. The number of hydrogen-bond donors (Lipinski definition) is 2. The molecule has 72 valence electrons. The van der Waals surface area contributed by atoms with Gasteiger partial charge in [-0.1, -0.05) is 0 Å². The second-order valence-corrected chi connectivity index (χ2v) is 2.90. The quantitative estimate of drug-likeness (QED) is 0.324. The third kappa shape index (κ3) is 2.25. The molecule has 0 radical (unpaired) electrons. The highest BCUT2D eigenvalue weighted by molar-refractivity contribution is 7.81. The first-order valence-corrected chi connectivity index (χ1v) is 4.51. The molecule has 14 heavy (non-hydrogen) atoms. The molecule has 1 aromatic rings. The van der Waals surface area contributed by atoms with Crippen molar-refractivity contribution in [3.05, 3.63) is 29.8 Å². The molecular formula is C9H9N3OS. The zero-order valence-corrected chi connectivity index (χ0v) is 8.24. The first-order chi connectivity index (χ1) is 6.69. The summed E-state index contributed by atoms with van der Waals surface area (Å²) in [4.78, 5) is 11.1. The van der Waals surface area contributed by atoms with Crippen molar-refractivity contribution >= 4 is 24.2 Å². The summed E-state index contributed by atoms with van der Waals surface area (Å²) in [7, 11) is 0. The molecule has 0 aliphatic rings. The van der Waals surface area contributed by atoms with Gasteiger partial charge in [-0.2, -0.15) is 17.9 Å². The van der Waals surface area contributed by atoms with E-state index in [1.54, 1.807) is 24.3 Å². The van der Waals surface area contributed by atoms with Crippen molar-refractivity contribution in [2.75, 3.05) is 10.8 Å². The number of rotatable bonds is 2. The number of anilines is 1. The number of nitrogens with two attached hydrogens (primary N) is 1. The molecule has 0 aliphatic heterocycles. The minimum Gasteiger partial charge on any atom is -0.272 e. The van der Waals surface area contributed by atoms with Gasteiger partial charge < -0.3 is 0 Å². The van der Waals surface area contributed by atoms with Gasteiger partial charge in [-0.3, -0.25) is 4.79 Å². The van der Waals surface area contributed by atoms with E-state index in [1.165, 1.54) is 0 Å². The summed E-state index contributed by atoms with van der Waals surface area (Å²) in [6, 6.07) is 8.40. The zero-order chi connectivity index (χ0) is 10.6. The van der Waals surface area contributed by atoms with E-state index in [-0.39, 0.29) is 11.7 Å². The van der Waals surface area contributed by atoms with E-state index in [1.807, 2.05) is 6.07 Å². The zero-order valence-electron chi connectivity index (χ0n) is 7.34. The Morgan fingerprint density at radius 2 is 2.07 bits per heavy atom. The lowest BCUT2D eigenvalue weighted by atomic mass is 10.2. The topological polar surface area (TPSA) is 70.1 Å². The highest BCUT2D eigenvalue weighted by Crippen LogP contribution is 2.12. The number of carbonyl (C=O) groups is 1. The van der Waals surface area contributed by atoms with Gasteiger partial charge >= 0.3 is 0 Å². The van der Waals surface area contributed by atoms with Crippen LogP contribution in [0.15, 0.2) is 24.3 Å². The van der Waals surface area contributed by atoms with Crippen LogP contribution < -0.4 is 10.9 Å². The average molecular weight is 207 g/mol. The molecule has 1 rings (SSSR count). The molecule has 2 N–H and O–H groups in total. The molecule has 0 saturated carbocycles. The summed E-state index contributed by atoms with van der Waals surface area (Å²) < 4.78 is 0. The van der Waals surface area contributed by atoms with Gasteiger partial charge in [0.2, 0.25) is 0 Å². The molecule has 1 amide bonds. The summed E-state index contributed by atoms with van der Waals surface area (Å²) in [6.07, 6.45) is 0. The van der Waals surface area contributed by atoms with Crippen LogP contribution in [-0.4, -0.2) is 11.7 Å². The number of hydrogen-bond acceptors (Lipinski definition) is 4.